The van der Waals surface area contributed by atoms with Crippen molar-refractivity contribution in [2.45, 2.75) is 57.4 Å². The van der Waals surface area contributed by atoms with Gasteiger partial charge in [0.05, 0.1) is 11.0 Å². The molecule has 0 atom stereocenters. The first-order valence-corrected chi connectivity index (χ1v) is 7.33. The van der Waals surface area contributed by atoms with Crippen LogP contribution < -0.4 is 0 Å². The molecule has 2 heteroatoms. The van der Waals surface area contributed by atoms with Crippen LogP contribution in [0.1, 0.15) is 50.7 Å². The SMILES string of the molecule is Cc1ccccc1C1(C2=NC(C)(C)CO2)CCCC1. The molecule has 2 aliphatic rings. The number of aryl methyl sites for hydroxylation is 1. The molecular formula is C17H23NO. The standard InChI is InChI=1S/C17H23NO/c1-13-8-4-5-9-14(13)17(10-6-7-11-17)15-18-16(2,3)12-19-15/h4-5,8-9H,6-7,10-12H2,1-3H3. The van der Waals surface area contributed by atoms with Crippen LogP contribution in [0, 0.1) is 6.92 Å². The van der Waals surface area contributed by atoms with Gasteiger partial charge in [-0.3, -0.25) is 0 Å². The first kappa shape index (κ1) is 12.7. The molecule has 0 amide bonds. The smallest absolute Gasteiger partial charge is 0.194 e. The molecule has 1 aliphatic heterocycles. The molecule has 1 aliphatic carbocycles. The van der Waals surface area contributed by atoms with Gasteiger partial charge in [-0.25, -0.2) is 4.99 Å². The molecule has 0 bridgehead atoms. The van der Waals surface area contributed by atoms with Crippen molar-refractivity contribution in [2.24, 2.45) is 4.99 Å². The van der Waals surface area contributed by atoms with Crippen molar-refractivity contribution in [2.75, 3.05) is 6.61 Å². The maximum Gasteiger partial charge on any atom is 0.194 e. The maximum atomic E-state index is 6.01. The van der Waals surface area contributed by atoms with E-state index in [-0.39, 0.29) is 11.0 Å². The Labute approximate surface area is 115 Å². The first-order valence-electron chi connectivity index (χ1n) is 7.33. The van der Waals surface area contributed by atoms with E-state index < -0.39 is 0 Å². The van der Waals surface area contributed by atoms with E-state index in [2.05, 4.69) is 45.0 Å². The first-order chi connectivity index (χ1) is 9.04. The van der Waals surface area contributed by atoms with Crippen LogP contribution in [-0.2, 0) is 10.2 Å². The summed E-state index contributed by atoms with van der Waals surface area (Å²) in [5, 5.41) is 0. The lowest BCUT2D eigenvalue weighted by molar-refractivity contribution is 0.258. The number of benzene rings is 1. The van der Waals surface area contributed by atoms with Gasteiger partial charge in [0, 0.05) is 0 Å². The summed E-state index contributed by atoms with van der Waals surface area (Å²) in [5.41, 5.74) is 2.76. The van der Waals surface area contributed by atoms with Gasteiger partial charge in [0.2, 0.25) is 0 Å². The third-order valence-corrected chi connectivity index (χ3v) is 4.49. The van der Waals surface area contributed by atoms with Crippen molar-refractivity contribution in [3.8, 4) is 0 Å². The Hall–Kier alpha value is -1.31. The van der Waals surface area contributed by atoms with Gasteiger partial charge >= 0.3 is 0 Å². The summed E-state index contributed by atoms with van der Waals surface area (Å²) in [5.74, 6) is 0.990. The number of hydrogen-bond donors (Lipinski definition) is 0. The highest BCUT2D eigenvalue weighted by Crippen LogP contribution is 2.45. The normalized spacial score (nSPS) is 24.1. The molecule has 1 aromatic rings. The van der Waals surface area contributed by atoms with Crippen LogP contribution in [0.5, 0.6) is 0 Å². The summed E-state index contributed by atoms with van der Waals surface area (Å²) in [7, 11) is 0. The van der Waals surface area contributed by atoms with Gasteiger partial charge in [-0.05, 0) is 44.7 Å². The molecule has 102 valence electrons. The third kappa shape index (κ3) is 2.07. The Morgan fingerprint density at radius 1 is 1.11 bits per heavy atom. The lowest BCUT2D eigenvalue weighted by Crippen LogP contribution is -2.34. The zero-order valence-corrected chi connectivity index (χ0v) is 12.2. The van der Waals surface area contributed by atoms with Crippen molar-refractivity contribution in [3.63, 3.8) is 0 Å². The minimum absolute atomic E-state index is 0.0408. The molecule has 1 saturated carbocycles. The fourth-order valence-corrected chi connectivity index (χ4v) is 3.52. The molecule has 1 heterocycles. The van der Waals surface area contributed by atoms with Gasteiger partial charge in [0.25, 0.3) is 0 Å². The zero-order chi connectivity index (χ0) is 13.5. The third-order valence-electron chi connectivity index (χ3n) is 4.49. The predicted molar refractivity (Wildman–Crippen MR) is 78.8 cm³/mol. The van der Waals surface area contributed by atoms with Crippen molar-refractivity contribution in [3.05, 3.63) is 35.4 Å². The van der Waals surface area contributed by atoms with Crippen LogP contribution in [0.15, 0.2) is 29.3 Å². The number of nitrogens with zero attached hydrogens (tertiary/aromatic N) is 1. The molecule has 1 fully saturated rings. The molecule has 0 aromatic heterocycles. The van der Waals surface area contributed by atoms with Gasteiger partial charge in [0.15, 0.2) is 5.90 Å². The molecule has 3 rings (SSSR count). The van der Waals surface area contributed by atoms with E-state index in [0.29, 0.717) is 0 Å². The molecular weight excluding hydrogens is 234 g/mol. The summed E-state index contributed by atoms with van der Waals surface area (Å²) in [6.07, 6.45) is 4.90. The van der Waals surface area contributed by atoms with Crippen LogP contribution in [0.3, 0.4) is 0 Å². The lowest BCUT2D eigenvalue weighted by atomic mass is 9.76. The molecule has 0 unspecified atom stereocenters. The molecule has 1 aromatic carbocycles. The van der Waals surface area contributed by atoms with E-state index in [1.807, 2.05) is 0 Å². The number of rotatable bonds is 2. The molecule has 0 N–H and O–H groups in total. The Morgan fingerprint density at radius 3 is 2.37 bits per heavy atom. The van der Waals surface area contributed by atoms with Crippen LogP contribution in [-0.4, -0.2) is 18.0 Å². The molecule has 0 saturated heterocycles. The average Bonchev–Trinajstić information content (AvgIpc) is 2.97. The summed E-state index contributed by atoms with van der Waals surface area (Å²) < 4.78 is 6.01. The van der Waals surface area contributed by atoms with E-state index in [9.17, 15) is 0 Å². The van der Waals surface area contributed by atoms with Crippen molar-refractivity contribution < 1.29 is 4.74 Å². The van der Waals surface area contributed by atoms with E-state index in [1.54, 1.807) is 0 Å². The van der Waals surface area contributed by atoms with E-state index in [0.717, 1.165) is 12.5 Å². The van der Waals surface area contributed by atoms with Gasteiger partial charge in [-0.15, -0.1) is 0 Å². The van der Waals surface area contributed by atoms with Gasteiger partial charge in [0.1, 0.15) is 6.61 Å². The van der Waals surface area contributed by atoms with Crippen LogP contribution in [0.4, 0.5) is 0 Å². The van der Waals surface area contributed by atoms with Gasteiger partial charge in [-0.1, -0.05) is 37.1 Å². The second-order valence-electron chi connectivity index (χ2n) is 6.62. The number of ether oxygens (including phenoxy) is 1. The highest BCUT2D eigenvalue weighted by Gasteiger charge is 2.46. The van der Waals surface area contributed by atoms with Crippen LogP contribution in [0.25, 0.3) is 0 Å². The van der Waals surface area contributed by atoms with Crippen LogP contribution >= 0.6 is 0 Å². The second-order valence-corrected chi connectivity index (χ2v) is 6.62. The van der Waals surface area contributed by atoms with Crippen molar-refractivity contribution in [1.82, 2.24) is 0 Å². The summed E-state index contributed by atoms with van der Waals surface area (Å²) in [4.78, 5) is 4.89. The van der Waals surface area contributed by atoms with Crippen molar-refractivity contribution >= 4 is 5.90 Å². The quantitative estimate of drug-likeness (QED) is 0.784. The summed E-state index contributed by atoms with van der Waals surface area (Å²) in [6.45, 7) is 7.23. The summed E-state index contributed by atoms with van der Waals surface area (Å²) >= 11 is 0. The molecule has 2 nitrogen and oxygen atoms in total. The minimum atomic E-state index is -0.0619. The summed E-state index contributed by atoms with van der Waals surface area (Å²) in [6, 6.07) is 8.72. The Balaban J connectivity index is 2.09. The highest BCUT2D eigenvalue weighted by atomic mass is 16.5. The maximum absolute atomic E-state index is 6.01. The Bertz CT molecular complexity index is 510. The van der Waals surface area contributed by atoms with E-state index in [1.165, 1.54) is 36.8 Å². The Kier molecular flexibility index (Phi) is 2.92. The average molecular weight is 257 g/mol. The minimum Gasteiger partial charge on any atom is -0.478 e. The zero-order valence-electron chi connectivity index (χ0n) is 12.2. The Morgan fingerprint density at radius 2 is 1.79 bits per heavy atom. The van der Waals surface area contributed by atoms with E-state index >= 15 is 0 Å². The van der Waals surface area contributed by atoms with E-state index in [4.69, 9.17) is 9.73 Å². The predicted octanol–water partition coefficient (Wildman–Crippen LogP) is 4.01. The van der Waals surface area contributed by atoms with Gasteiger partial charge < -0.3 is 4.74 Å². The monoisotopic (exact) mass is 257 g/mol. The molecule has 0 radical (unpaired) electrons. The van der Waals surface area contributed by atoms with Gasteiger partial charge in [-0.2, -0.15) is 0 Å². The molecule has 19 heavy (non-hydrogen) atoms. The second kappa shape index (κ2) is 4.36. The topological polar surface area (TPSA) is 21.6 Å². The lowest BCUT2D eigenvalue weighted by Gasteiger charge is -2.30. The van der Waals surface area contributed by atoms with Crippen LogP contribution in [0.2, 0.25) is 0 Å². The molecule has 0 spiro atoms. The number of hydrogen-bond acceptors (Lipinski definition) is 2. The fraction of sp³-hybridized carbons (Fsp3) is 0.588. The largest absolute Gasteiger partial charge is 0.478 e. The van der Waals surface area contributed by atoms with Crippen molar-refractivity contribution in [1.29, 1.82) is 0 Å². The fourth-order valence-electron chi connectivity index (χ4n) is 3.52. The highest BCUT2D eigenvalue weighted by molar-refractivity contribution is 5.90. The number of aliphatic imine (C=N–C) groups is 1.